The zero-order valence-electron chi connectivity index (χ0n) is 12.3. The lowest BCUT2D eigenvalue weighted by molar-refractivity contribution is 0.122. The number of guanidine groups is 1. The van der Waals surface area contributed by atoms with Gasteiger partial charge in [-0.25, -0.2) is 4.98 Å². The van der Waals surface area contributed by atoms with Crippen molar-refractivity contribution in [1.29, 1.82) is 0 Å². The Kier molecular flexibility index (Phi) is 6.04. The van der Waals surface area contributed by atoms with Crippen LogP contribution in [0.5, 0.6) is 0 Å². The van der Waals surface area contributed by atoms with Gasteiger partial charge in [0.25, 0.3) is 0 Å². The third-order valence-corrected chi connectivity index (χ3v) is 3.65. The number of nitrogens with one attached hydrogen (secondary N) is 1. The third-order valence-electron chi connectivity index (χ3n) is 3.65. The normalized spacial score (nSPS) is 18.2. The SMILES string of the molecule is CN1CCN=C1NCc1ccc(N2CCOCC2)nc1.I. The van der Waals surface area contributed by atoms with Crippen molar-refractivity contribution in [2.24, 2.45) is 4.99 Å². The molecule has 0 saturated carbocycles. The molecule has 0 radical (unpaired) electrons. The molecule has 2 aliphatic rings. The fraction of sp³-hybridized carbons (Fsp3) is 0.571. The monoisotopic (exact) mass is 403 g/mol. The van der Waals surface area contributed by atoms with Crippen LogP contribution in [0.4, 0.5) is 5.82 Å². The molecule has 21 heavy (non-hydrogen) atoms. The van der Waals surface area contributed by atoms with Crippen molar-refractivity contribution < 1.29 is 4.74 Å². The zero-order valence-corrected chi connectivity index (χ0v) is 14.6. The molecule has 116 valence electrons. The van der Waals surface area contributed by atoms with Crippen LogP contribution in [-0.2, 0) is 11.3 Å². The van der Waals surface area contributed by atoms with E-state index >= 15 is 0 Å². The molecule has 0 spiro atoms. The minimum atomic E-state index is 0. The molecule has 6 nitrogen and oxygen atoms in total. The van der Waals surface area contributed by atoms with Crippen LogP contribution < -0.4 is 10.2 Å². The van der Waals surface area contributed by atoms with Crippen molar-refractivity contribution in [1.82, 2.24) is 15.2 Å². The number of nitrogens with zero attached hydrogens (tertiary/aromatic N) is 4. The van der Waals surface area contributed by atoms with Crippen LogP contribution in [0.3, 0.4) is 0 Å². The first-order valence-electron chi connectivity index (χ1n) is 7.10. The fourth-order valence-corrected chi connectivity index (χ4v) is 2.41. The second kappa shape index (κ2) is 7.79. The molecule has 2 aliphatic heterocycles. The highest BCUT2D eigenvalue weighted by atomic mass is 127. The lowest BCUT2D eigenvalue weighted by atomic mass is 10.2. The number of anilines is 1. The van der Waals surface area contributed by atoms with E-state index < -0.39 is 0 Å². The molecular weight excluding hydrogens is 381 g/mol. The van der Waals surface area contributed by atoms with Gasteiger partial charge in [0, 0.05) is 39.4 Å². The molecule has 0 aromatic carbocycles. The average molecular weight is 403 g/mol. The van der Waals surface area contributed by atoms with Crippen molar-refractivity contribution in [2.45, 2.75) is 6.54 Å². The standard InChI is InChI=1S/C14H21N5O.HI/c1-18-5-4-15-14(18)17-11-12-2-3-13(16-10-12)19-6-8-20-9-7-19;/h2-3,10H,4-9,11H2,1H3,(H,15,17);1H. The van der Waals surface area contributed by atoms with E-state index in [0.717, 1.165) is 57.7 Å². The average Bonchev–Trinajstić information content (AvgIpc) is 2.92. The van der Waals surface area contributed by atoms with Gasteiger partial charge in [-0.05, 0) is 11.6 Å². The van der Waals surface area contributed by atoms with Crippen molar-refractivity contribution in [2.75, 3.05) is 51.3 Å². The summed E-state index contributed by atoms with van der Waals surface area (Å²) in [5.74, 6) is 2.01. The summed E-state index contributed by atoms with van der Waals surface area (Å²) in [6.07, 6.45) is 1.94. The maximum atomic E-state index is 5.35. The predicted octanol–water partition coefficient (Wildman–Crippen LogP) is 0.927. The molecule has 1 N–H and O–H groups in total. The summed E-state index contributed by atoms with van der Waals surface area (Å²) in [6, 6.07) is 4.21. The summed E-state index contributed by atoms with van der Waals surface area (Å²) >= 11 is 0. The molecule has 1 fully saturated rings. The van der Waals surface area contributed by atoms with E-state index in [-0.39, 0.29) is 24.0 Å². The number of aliphatic imine (C=N–C) groups is 1. The van der Waals surface area contributed by atoms with Gasteiger partial charge < -0.3 is 19.9 Å². The molecule has 7 heteroatoms. The molecule has 0 atom stereocenters. The van der Waals surface area contributed by atoms with E-state index in [9.17, 15) is 0 Å². The molecule has 1 saturated heterocycles. The van der Waals surface area contributed by atoms with Gasteiger partial charge in [-0.3, -0.25) is 4.99 Å². The van der Waals surface area contributed by atoms with Crippen LogP contribution in [0.25, 0.3) is 0 Å². The van der Waals surface area contributed by atoms with E-state index in [1.165, 1.54) is 5.56 Å². The fourth-order valence-electron chi connectivity index (χ4n) is 2.41. The third kappa shape index (κ3) is 4.19. The van der Waals surface area contributed by atoms with Crippen molar-refractivity contribution in [3.05, 3.63) is 23.9 Å². The van der Waals surface area contributed by atoms with Crippen LogP contribution >= 0.6 is 24.0 Å². The Morgan fingerprint density at radius 1 is 1.24 bits per heavy atom. The second-order valence-corrected chi connectivity index (χ2v) is 5.10. The van der Waals surface area contributed by atoms with Crippen LogP contribution in [0.2, 0.25) is 0 Å². The van der Waals surface area contributed by atoms with E-state index in [4.69, 9.17) is 4.74 Å². The van der Waals surface area contributed by atoms with E-state index in [0.29, 0.717) is 0 Å². The molecule has 0 bridgehead atoms. The quantitative estimate of drug-likeness (QED) is 0.762. The van der Waals surface area contributed by atoms with Crippen LogP contribution in [0.15, 0.2) is 23.3 Å². The highest BCUT2D eigenvalue weighted by Gasteiger charge is 2.13. The van der Waals surface area contributed by atoms with Gasteiger partial charge in [0.1, 0.15) is 5.82 Å². The highest BCUT2D eigenvalue weighted by molar-refractivity contribution is 14.0. The molecule has 3 rings (SSSR count). The summed E-state index contributed by atoms with van der Waals surface area (Å²) in [6.45, 7) is 6.07. The van der Waals surface area contributed by atoms with Crippen LogP contribution in [0.1, 0.15) is 5.56 Å². The summed E-state index contributed by atoms with van der Waals surface area (Å²) in [4.78, 5) is 13.3. The molecule has 3 heterocycles. The first-order chi connectivity index (χ1) is 9.83. The number of pyridine rings is 1. The van der Waals surface area contributed by atoms with Gasteiger partial charge in [-0.2, -0.15) is 0 Å². The van der Waals surface area contributed by atoms with Gasteiger partial charge >= 0.3 is 0 Å². The zero-order chi connectivity index (χ0) is 13.8. The Hall–Kier alpha value is -1.09. The number of morpholine rings is 1. The second-order valence-electron chi connectivity index (χ2n) is 5.10. The smallest absolute Gasteiger partial charge is 0.194 e. The largest absolute Gasteiger partial charge is 0.378 e. The maximum absolute atomic E-state index is 5.35. The molecular formula is C14H22IN5O. The molecule has 0 unspecified atom stereocenters. The Morgan fingerprint density at radius 3 is 2.67 bits per heavy atom. The number of ether oxygens (including phenoxy) is 1. The first-order valence-corrected chi connectivity index (χ1v) is 7.10. The van der Waals surface area contributed by atoms with Gasteiger partial charge in [0.05, 0.1) is 19.8 Å². The Morgan fingerprint density at radius 2 is 2.05 bits per heavy atom. The summed E-state index contributed by atoms with van der Waals surface area (Å²) in [5, 5.41) is 3.35. The van der Waals surface area contributed by atoms with Crippen molar-refractivity contribution in [3.8, 4) is 0 Å². The number of hydrogen-bond acceptors (Lipinski definition) is 6. The van der Waals surface area contributed by atoms with Gasteiger partial charge in [-0.1, -0.05) is 6.07 Å². The van der Waals surface area contributed by atoms with Crippen molar-refractivity contribution in [3.63, 3.8) is 0 Å². The Bertz CT molecular complexity index is 473. The Labute approximate surface area is 142 Å². The molecule has 1 aromatic rings. The van der Waals surface area contributed by atoms with Crippen LogP contribution in [0, 0.1) is 0 Å². The van der Waals surface area contributed by atoms with E-state index in [1.54, 1.807) is 0 Å². The Balaban J connectivity index is 0.00000161. The topological polar surface area (TPSA) is 53.0 Å². The minimum Gasteiger partial charge on any atom is -0.378 e. The number of rotatable bonds is 3. The van der Waals surface area contributed by atoms with E-state index in [2.05, 4.69) is 44.3 Å². The molecule has 0 aliphatic carbocycles. The number of hydrogen-bond donors (Lipinski definition) is 1. The number of aromatic nitrogens is 1. The van der Waals surface area contributed by atoms with E-state index in [1.807, 2.05) is 6.20 Å². The van der Waals surface area contributed by atoms with Crippen LogP contribution in [-0.4, -0.2) is 62.3 Å². The predicted molar refractivity (Wildman–Crippen MR) is 94.5 cm³/mol. The molecule has 1 aromatic heterocycles. The molecule has 0 amide bonds. The van der Waals surface area contributed by atoms with Gasteiger partial charge in [0.2, 0.25) is 0 Å². The first kappa shape index (κ1) is 16.3. The summed E-state index contributed by atoms with van der Waals surface area (Å²) in [5.41, 5.74) is 1.17. The van der Waals surface area contributed by atoms with Gasteiger partial charge in [0.15, 0.2) is 5.96 Å². The lowest BCUT2D eigenvalue weighted by Crippen LogP contribution is -2.37. The highest BCUT2D eigenvalue weighted by Crippen LogP contribution is 2.13. The number of likely N-dealkylation sites (N-methyl/N-ethyl adjacent to an activating group) is 1. The summed E-state index contributed by atoms with van der Waals surface area (Å²) in [7, 11) is 2.05. The number of halogens is 1. The lowest BCUT2D eigenvalue weighted by Gasteiger charge is -2.27. The van der Waals surface area contributed by atoms with Crippen molar-refractivity contribution >= 4 is 35.8 Å². The minimum absolute atomic E-state index is 0. The summed E-state index contributed by atoms with van der Waals surface area (Å²) < 4.78 is 5.35. The van der Waals surface area contributed by atoms with Gasteiger partial charge in [-0.15, -0.1) is 24.0 Å². The maximum Gasteiger partial charge on any atom is 0.194 e.